The Hall–Kier alpha value is -2.18. The van der Waals surface area contributed by atoms with Crippen molar-refractivity contribution in [3.05, 3.63) is 34.1 Å². The van der Waals surface area contributed by atoms with Crippen molar-refractivity contribution in [2.75, 3.05) is 11.9 Å². The minimum Gasteiger partial charge on any atom is -0.481 e. The van der Waals surface area contributed by atoms with E-state index in [1.54, 1.807) is 0 Å². The number of para-hydroxylation sites is 1. The van der Waals surface area contributed by atoms with Crippen LogP contribution in [0, 0.1) is 15.9 Å². The minimum absolute atomic E-state index is 0.0742. The Labute approximate surface area is 96.2 Å². The minimum atomic E-state index is -0.963. The molecule has 17 heavy (non-hydrogen) atoms. The van der Waals surface area contributed by atoms with Crippen LogP contribution in [0.25, 0.3) is 0 Å². The molecule has 0 aliphatic rings. The zero-order valence-corrected chi connectivity index (χ0v) is 8.85. The van der Waals surface area contributed by atoms with Gasteiger partial charge in [-0.1, -0.05) is 6.07 Å². The van der Waals surface area contributed by atoms with Crippen molar-refractivity contribution < 1.29 is 19.2 Å². The van der Waals surface area contributed by atoms with Gasteiger partial charge in [0.25, 0.3) is 5.69 Å². The highest BCUT2D eigenvalue weighted by Crippen LogP contribution is 2.26. The summed E-state index contributed by atoms with van der Waals surface area (Å²) in [6.07, 6.45) is 0.191. The molecule has 1 rings (SSSR count). The number of carbonyl (C=O) groups is 1. The van der Waals surface area contributed by atoms with Gasteiger partial charge in [0.2, 0.25) is 0 Å². The monoisotopic (exact) mass is 242 g/mol. The molecule has 6 nitrogen and oxygen atoms in total. The van der Waals surface area contributed by atoms with Gasteiger partial charge in [-0.2, -0.15) is 0 Å². The van der Waals surface area contributed by atoms with Gasteiger partial charge in [0.1, 0.15) is 5.69 Å². The fraction of sp³-hybridized carbons (Fsp3) is 0.300. The van der Waals surface area contributed by atoms with Gasteiger partial charge >= 0.3 is 5.97 Å². The summed E-state index contributed by atoms with van der Waals surface area (Å²) < 4.78 is 13.3. The third-order valence-corrected chi connectivity index (χ3v) is 2.06. The molecule has 0 heterocycles. The van der Waals surface area contributed by atoms with Crippen LogP contribution in [0.3, 0.4) is 0 Å². The maximum atomic E-state index is 13.3. The van der Waals surface area contributed by atoms with Gasteiger partial charge in [-0.05, 0) is 12.5 Å². The average molecular weight is 242 g/mol. The standard InChI is InChI=1S/C10H11FN2O4/c11-7-3-1-4-8(13(16)17)10(7)12-6-2-5-9(14)15/h1,3-4,12H,2,5-6H2,(H,14,15). The van der Waals surface area contributed by atoms with E-state index in [-0.39, 0.29) is 30.8 Å². The molecule has 1 aromatic carbocycles. The molecule has 1 aromatic rings. The molecule has 0 atom stereocenters. The maximum Gasteiger partial charge on any atom is 0.303 e. The van der Waals surface area contributed by atoms with Gasteiger partial charge in [0.15, 0.2) is 5.82 Å². The number of anilines is 1. The van der Waals surface area contributed by atoms with Crippen LogP contribution >= 0.6 is 0 Å². The lowest BCUT2D eigenvalue weighted by molar-refractivity contribution is -0.384. The van der Waals surface area contributed by atoms with Gasteiger partial charge in [0.05, 0.1) is 4.92 Å². The Kier molecular flexibility index (Phi) is 4.38. The summed E-state index contributed by atoms with van der Waals surface area (Å²) in [6, 6.07) is 3.53. The van der Waals surface area contributed by atoms with E-state index in [2.05, 4.69) is 5.32 Å². The van der Waals surface area contributed by atoms with Crippen molar-refractivity contribution in [2.45, 2.75) is 12.8 Å². The Morgan fingerprint density at radius 3 is 2.82 bits per heavy atom. The third kappa shape index (κ3) is 3.71. The van der Waals surface area contributed by atoms with Crippen LogP contribution in [0.15, 0.2) is 18.2 Å². The molecule has 7 heteroatoms. The highest BCUT2D eigenvalue weighted by molar-refractivity contribution is 5.67. The first-order valence-electron chi connectivity index (χ1n) is 4.91. The number of carboxylic acids is 1. The van der Waals surface area contributed by atoms with E-state index in [0.29, 0.717) is 0 Å². The summed E-state index contributed by atoms with van der Waals surface area (Å²) in [7, 11) is 0. The summed E-state index contributed by atoms with van der Waals surface area (Å²) in [6.45, 7) is 0.161. The van der Waals surface area contributed by atoms with Crippen molar-refractivity contribution in [2.24, 2.45) is 0 Å². The molecule has 0 saturated carbocycles. The van der Waals surface area contributed by atoms with Gasteiger partial charge in [-0.15, -0.1) is 0 Å². The van der Waals surface area contributed by atoms with Gasteiger partial charge in [-0.3, -0.25) is 14.9 Å². The zero-order chi connectivity index (χ0) is 12.8. The molecule has 0 saturated heterocycles. The van der Waals surface area contributed by atoms with Gasteiger partial charge in [0, 0.05) is 19.0 Å². The maximum absolute atomic E-state index is 13.3. The molecule has 0 aliphatic heterocycles. The molecule has 92 valence electrons. The number of hydrogen-bond donors (Lipinski definition) is 2. The van der Waals surface area contributed by atoms with Crippen LogP contribution in [-0.4, -0.2) is 22.5 Å². The van der Waals surface area contributed by atoms with Crippen LogP contribution in [0.1, 0.15) is 12.8 Å². The first kappa shape index (κ1) is 12.9. The van der Waals surface area contributed by atoms with E-state index in [0.717, 1.165) is 6.07 Å². The largest absolute Gasteiger partial charge is 0.481 e. The number of hydrogen-bond acceptors (Lipinski definition) is 4. The number of nitrogens with one attached hydrogen (secondary N) is 1. The number of nitro benzene ring substituents is 1. The first-order valence-corrected chi connectivity index (χ1v) is 4.91. The summed E-state index contributed by atoms with van der Waals surface area (Å²) in [5.74, 6) is -1.69. The molecule has 0 unspecified atom stereocenters. The number of nitro groups is 1. The predicted octanol–water partition coefficient (Wildman–Crippen LogP) is 2.01. The summed E-state index contributed by atoms with van der Waals surface area (Å²) in [5, 5.41) is 21.6. The quantitative estimate of drug-likeness (QED) is 0.452. The second-order valence-corrected chi connectivity index (χ2v) is 3.32. The van der Waals surface area contributed by atoms with Crippen molar-refractivity contribution in [1.82, 2.24) is 0 Å². The Morgan fingerprint density at radius 2 is 2.24 bits per heavy atom. The Balaban J connectivity index is 2.69. The lowest BCUT2D eigenvalue weighted by Crippen LogP contribution is -2.08. The Morgan fingerprint density at radius 1 is 1.53 bits per heavy atom. The molecule has 0 amide bonds. The number of benzene rings is 1. The third-order valence-electron chi connectivity index (χ3n) is 2.06. The topological polar surface area (TPSA) is 92.5 Å². The predicted molar refractivity (Wildman–Crippen MR) is 58.4 cm³/mol. The first-order chi connectivity index (χ1) is 8.02. The van der Waals surface area contributed by atoms with E-state index in [1.165, 1.54) is 12.1 Å². The van der Waals surface area contributed by atoms with E-state index in [4.69, 9.17) is 5.11 Å². The summed E-state index contributed by atoms with van der Waals surface area (Å²) in [5.41, 5.74) is -0.566. The molecular formula is C10H11FN2O4. The second-order valence-electron chi connectivity index (χ2n) is 3.32. The van der Waals surface area contributed by atoms with Crippen LogP contribution in [0.2, 0.25) is 0 Å². The molecule has 0 fully saturated rings. The average Bonchev–Trinajstić information content (AvgIpc) is 2.25. The summed E-state index contributed by atoms with van der Waals surface area (Å²) in [4.78, 5) is 20.2. The smallest absolute Gasteiger partial charge is 0.303 e. The van der Waals surface area contributed by atoms with Gasteiger partial charge < -0.3 is 10.4 Å². The molecule has 0 spiro atoms. The zero-order valence-electron chi connectivity index (χ0n) is 8.85. The molecule has 0 aromatic heterocycles. The van der Waals surface area contributed by atoms with Crippen molar-refractivity contribution in [1.29, 1.82) is 0 Å². The Bertz CT molecular complexity index is 436. The highest BCUT2D eigenvalue weighted by Gasteiger charge is 2.16. The normalized spacial score (nSPS) is 9.94. The second kappa shape index (κ2) is 5.78. The molecule has 2 N–H and O–H groups in total. The van der Waals surface area contributed by atoms with Crippen LogP contribution in [0.5, 0.6) is 0 Å². The van der Waals surface area contributed by atoms with Crippen molar-refractivity contribution in [3.8, 4) is 0 Å². The fourth-order valence-electron chi connectivity index (χ4n) is 1.29. The number of carboxylic acid groups (broad SMARTS) is 1. The molecular weight excluding hydrogens is 231 g/mol. The molecule has 0 radical (unpaired) electrons. The van der Waals surface area contributed by atoms with Gasteiger partial charge in [-0.25, -0.2) is 4.39 Å². The number of nitrogens with zero attached hydrogens (tertiary/aromatic N) is 1. The lowest BCUT2D eigenvalue weighted by Gasteiger charge is -2.06. The van der Waals surface area contributed by atoms with Crippen LogP contribution in [0.4, 0.5) is 15.8 Å². The lowest BCUT2D eigenvalue weighted by atomic mass is 10.2. The van der Waals surface area contributed by atoms with E-state index < -0.39 is 16.7 Å². The van der Waals surface area contributed by atoms with E-state index in [1.807, 2.05) is 0 Å². The SMILES string of the molecule is O=C(O)CCCNc1c(F)cccc1[N+](=O)[O-]. The number of rotatable bonds is 6. The molecule has 0 aliphatic carbocycles. The van der Waals surface area contributed by atoms with E-state index >= 15 is 0 Å². The number of halogens is 1. The fourth-order valence-corrected chi connectivity index (χ4v) is 1.29. The summed E-state index contributed by atoms with van der Waals surface area (Å²) >= 11 is 0. The molecule has 0 bridgehead atoms. The van der Waals surface area contributed by atoms with Crippen LogP contribution < -0.4 is 5.32 Å². The highest BCUT2D eigenvalue weighted by atomic mass is 19.1. The van der Waals surface area contributed by atoms with E-state index in [9.17, 15) is 19.3 Å². The van der Waals surface area contributed by atoms with Crippen LogP contribution in [-0.2, 0) is 4.79 Å². The van der Waals surface area contributed by atoms with Crippen molar-refractivity contribution >= 4 is 17.3 Å². The van der Waals surface area contributed by atoms with Crippen molar-refractivity contribution in [3.63, 3.8) is 0 Å². The number of aliphatic carboxylic acids is 1.